The Bertz CT molecular complexity index is 1400. The van der Waals surface area contributed by atoms with E-state index < -0.39 is 23.7 Å². The number of amides is 1. The van der Waals surface area contributed by atoms with E-state index >= 15 is 0 Å². The highest BCUT2D eigenvalue weighted by Gasteiger charge is 2.25. The summed E-state index contributed by atoms with van der Waals surface area (Å²) in [6.07, 6.45) is 11.2. The second kappa shape index (κ2) is 17.4. The van der Waals surface area contributed by atoms with E-state index in [4.69, 9.17) is 21.1 Å². The molecule has 9 heteroatoms. The summed E-state index contributed by atoms with van der Waals surface area (Å²) in [5.41, 5.74) is 2.37. The zero-order valence-electron chi connectivity index (χ0n) is 27.0. The van der Waals surface area contributed by atoms with Crippen molar-refractivity contribution < 1.29 is 23.9 Å². The van der Waals surface area contributed by atoms with Gasteiger partial charge in [-0.3, -0.25) is 9.59 Å². The number of allylic oxidation sites excluding steroid dienone is 4. The molecule has 2 atom stereocenters. The van der Waals surface area contributed by atoms with Gasteiger partial charge in [0.2, 0.25) is 5.91 Å². The smallest absolute Gasteiger partial charge is 0.420 e. The first-order valence-corrected chi connectivity index (χ1v) is 15.3. The van der Waals surface area contributed by atoms with E-state index in [2.05, 4.69) is 29.9 Å². The van der Waals surface area contributed by atoms with Gasteiger partial charge in [0.15, 0.2) is 0 Å². The van der Waals surface area contributed by atoms with Crippen LogP contribution in [0.2, 0.25) is 5.02 Å². The Hall–Kier alpha value is -3.91. The van der Waals surface area contributed by atoms with Crippen molar-refractivity contribution in [2.24, 2.45) is 0 Å². The molecular weight excluding hydrogens is 578 g/mol. The number of nitrogens with one attached hydrogen (secondary N) is 1. The van der Waals surface area contributed by atoms with Crippen LogP contribution in [0.1, 0.15) is 96.4 Å². The Labute approximate surface area is 266 Å². The molecule has 1 amide bonds. The zero-order valence-corrected chi connectivity index (χ0v) is 27.7. The molecule has 0 saturated carbocycles. The van der Waals surface area contributed by atoms with Crippen molar-refractivity contribution in [3.05, 3.63) is 88.5 Å². The summed E-state index contributed by atoms with van der Waals surface area (Å²) < 4.78 is 12.1. The van der Waals surface area contributed by atoms with Gasteiger partial charge in [-0.2, -0.15) is 0 Å². The maximum atomic E-state index is 13.2. The van der Waals surface area contributed by atoms with Crippen LogP contribution in [0.5, 0.6) is 0 Å². The quantitative estimate of drug-likeness (QED) is 0.169. The molecule has 0 saturated heterocycles. The molecule has 1 heterocycles. The summed E-state index contributed by atoms with van der Waals surface area (Å²) >= 11 is 6.16. The van der Waals surface area contributed by atoms with E-state index in [0.717, 1.165) is 11.1 Å². The fourth-order valence-electron chi connectivity index (χ4n) is 4.51. The molecule has 1 aromatic carbocycles. The summed E-state index contributed by atoms with van der Waals surface area (Å²) in [7, 11) is 0. The van der Waals surface area contributed by atoms with Crippen molar-refractivity contribution >= 4 is 41.7 Å². The van der Waals surface area contributed by atoms with Crippen molar-refractivity contribution in [2.45, 2.75) is 91.7 Å². The minimum Gasteiger partial charge on any atom is -0.466 e. The molecule has 0 radical (unpaired) electrons. The van der Waals surface area contributed by atoms with Crippen molar-refractivity contribution in [3.8, 4) is 0 Å². The van der Waals surface area contributed by atoms with Crippen LogP contribution in [-0.4, -0.2) is 45.8 Å². The molecule has 0 aliphatic rings. The van der Waals surface area contributed by atoms with Crippen LogP contribution in [0.25, 0.3) is 12.2 Å². The van der Waals surface area contributed by atoms with Gasteiger partial charge in [0, 0.05) is 23.9 Å². The number of carbonyl (C=O) groups excluding carboxylic acids is 3. The van der Waals surface area contributed by atoms with Crippen molar-refractivity contribution in [1.29, 1.82) is 0 Å². The summed E-state index contributed by atoms with van der Waals surface area (Å²) in [6, 6.07) is 7.22. The van der Waals surface area contributed by atoms with E-state index in [1.54, 1.807) is 39.8 Å². The van der Waals surface area contributed by atoms with E-state index in [-0.39, 0.29) is 37.7 Å². The maximum Gasteiger partial charge on any atom is 0.420 e. The lowest BCUT2D eigenvalue weighted by Gasteiger charge is -2.21. The number of hydrogen-bond donors (Lipinski definition) is 1. The maximum absolute atomic E-state index is 13.2. The number of imidazole rings is 1. The Balaban J connectivity index is 2.22. The molecule has 1 aromatic heterocycles. The average Bonchev–Trinajstić information content (AvgIpc) is 3.30. The number of halogens is 1. The lowest BCUT2D eigenvalue weighted by Crippen LogP contribution is -2.37. The standard InChI is InChI=1S/C35H46ClN3O5/c1-9-14-29-30(11-3)39(34(42)44-35(6,7)8)31(38-29)19-20-32(40)37-28(23-33(41)43-12-4)21-25(10-2)18-17-24(5)26-15-13-16-27(36)22-26/h9-11,13-18,22,24,28H,3,12,19-21,23H2,1-2,4-8H3,(H,37,40)/b14-9-,18-17-,25-10+/t24?,28-/m1/s1. The first-order chi connectivity index (χ1) is 20.8. The monoisotopic (exact) mass is 623 g/mol. The number of benzene rings is 1. The van der Waals surface area contributed by atoms with Crippen LogP contribution < -0.4 is 5.32 Å². The van der Waals surface area contributed by atoms with Crippen LogP contribution in [0, 0.1) is 0 Å². The number of aromatic nitrogens is 2. The summed E-state index contributed by atoms with van der Waals surface area (Å²) in [4.78, 5) is 43.4. The molecule has 1 unspecified atom stereocenters. The second-order valence-electron chi connectivity index (χ2n) is 11.4. The topological polar surface area (TPSA) is 99.5 Å². The number of hydrogen-bond acceptors (Lipinski definition) is 6. The molecule has 2 aromatic rings. The lowest BCUT2D eigenvalue weighted by molar-refractivity contribution is -0.143. The van der Waals surface area contributed by atoms with Gasteiger partial charge in [0.05, 0.1) is 24.4 Å². The van der Waals surface area contributed by atoms with Crippen molar-refractivity contribution in [2.75, 3.05) is 6.61 Å². The third-order valence-electron chi connectivity index (χ3n) is 6.59. The fraction of sp³-hybridized carbons (Fsp3) is 0.429. The Morgan fingerprint density at radius 2 is 1.91 bits per heavy atom. The SMILES string of the molecule is C=Cc1c(/C=C\C)nc(CCC(=O)N[C@@H](CC(=O)OCC)CC(/C=C\C(C)c2cccc(Cl)c2)=C/C)n1C(=O)OC(C)(C)C. The van der Waals surface area contributed by atoms with Crippen LogP contribution in [0.15, 0.2) is 60.7 Å². The van der Waals surface area contributed by atoms with Crippen LogP contribution >= 0.6 is 11.6 Å². The summed E-state index contributed by atoms with van der Waals surface area (Å²) in [6.45, 7) is 17.0. The Morgan fingerprint density at radius 1 is 1.18 bits per heavy atom. The zero-order chi connectivity index (χ0) is 32.9. The minimum atomic E-state index is -0.722. The molecule has 44 heavy (non-hydrogen) atoms. The van der Waals surface area contributed by atoms with Gasteiger partial charge >= 0.3 is 12.1 Å². The first-order valence-electron chi connectivity index (χ1n) is 15.0. The third-order valence-corrected chi connectivity index (χ3v) is 6.83. The molecule has 1 N–H and O–H groups in total. The van der Waals surface area contributed by atoms with Gasteiger partial charge in [-0.25, -0.2) is 14.3 Å². The van der Waals surface area contributed by atoms with Gasteiger partial charge in [0.1, 0.15) is 11.4 Å². The third kappa shape index (κ3) is 11.6. The molecule has 0 bridgehead atoms. The van der Waals surface area contributed by atoms with Crippen molar-refractivity contribution in [3.63, 3.8) is 0 Å². The predicted molar refractivity (Wildman–Crippen MR) is 178 cm³/mol. The minimum absolute atomic E-state index is 0.0210. The van der Waals surface area contributed by atoms with Crippen molar-refractivity contribution in [1.82, 2.24) is 14.9 Å². The predicted octanol–water partition coefficient (Wildman–Crippen LogP) is 8.06. The number of esters is 1. The largest absolute Gasteiger partial charge is 0.466 e. The molecule has 0 fully saturated rings. The molecule has 238 valence electrons. The van der Waals surface area contributed by atoms with Gasteiger partial charge < -0.3 is 14.8 Å². The Morgan fingerprint density at radius 3 is 2.50 bits per heavy atom. The van der Waals surface area contributed by atoms with Gasteiger partial charge in [0.25, 0.3) is 0 Å². The van der Waals surface area contributed by atoms with Crippen LogP contribution in [0.4, 0.5) is 4.79 Å². The van der Waals surface area contributed by atoms with Crippen LogP contribution in [-0.2, 0) is 25.5 Å². The summed E-state index contributed by atoms with van der Waals surface area (Å²) in [5, 5.41) is 3.68. The van der Waals surface area contributed by atoms with Gasteiger partial charge in [-0.05, 0) is 83.7 Å². The Kier molecular flexibility index (Phi) is 14.3. The van der Waals surface area contributed by atoms with E-state index in [9.17, 15) is 14.4 Å². The molecule has 0 spiro atoms. The van der Waals surface area contributed by atoms with Crippen LogP contribution in [0.3, 0.4) is 0 Å². The molecule has 0 aliphatic heterocycles. The lowest BCUT2D eigenvalue weighted by atomic mass is 9.97. The highest BCUT2D eigenvalue weighted by atomic mass is 35.5. The van der Waals surface area contributed by atoms with Gasteiger partial charge in [-0.15, -0.1) is 0 Å². The number of ether oxygens (including phenoxy) is 2. The number of nitrogens with zero attached hydrogens (tertiary/aromatic N) is 2. The highest BCUT2D eigenvalue weighted by Crippen LogP contribution is 2.23. The van der Waals surface area contributed by atoms with E-state index in [0.29, 0.717) is 28.7 Å². The van der Waals surface area contributed by atoms with E-state index in [1.165, 1.54) is 4.57 Å². The summed E-state index contributed by atoms with van der Waals surface area (Å²) in [5.74, 6) is -0.177. The number of carbonyl (C=O) groups is 3. The van der Waals surface area contributed by atoms with Gasteiger partial charge in [-0.1, -0.05) is 67.1 Å². The molecule has 0 aliphatic carbocycles. The fourth-order valence-corrected chi connectivity index (χ4v) is 4.71. The first kappa shape index (κ1) is 36.3. The molecule has 2 rings (SSSR count). The molecular formula is C35H46ClN3O5. The highest BCUT2D eigenvalue weighted by molar-refractivity contribution is 6.30. The number of aryl methyl sites for hydroxylation is 1. The number of rotatable bonds is 14. The second-order valence-corrected chi connectivity index (χ2v) is 11.8. The van der Waals surface area contributed by atoms with E-state index in [1.807, 2.05) is 56.3 Å². The molecule has 8 nitrogen and oxygen atoms in total. The average molecular weight is 624 g/mol. The normalized spacial score (nSPS) is 13.6.